The van der Waals surface area contributed by atoms with Gasteiger partial charge in [0.05, 0.1) is 22.2 Å². The molecule has 0 unspecified atom stereocenters. The third kappa shape index (κ3) is 1.42. The number of hydroxylamine groups is 2. The number of nitrogens with zero attached hydrogens (tertiary/aromatic N) is 1. The summed E-state index contributed by atoms with van der Waals surface area (Å²) in [7, 11) is 0. The third-order valence-corrected chi connectivity index (χ3v) is 2.96. The zero-order valence-corrected chi connectivity index (χ0v) is 9.61. The van der Waals surface area contributed by atoms with E-state index in [4.69, 9.17) is 10.2 Å². The van der Waals surface area contributed by atoms with E-state index in [9.17, 15) is 14.8 Å². The minimum absolute atomic E-state index is 0.285. The molecule has 90 valence electrons. The van der Waals surface area contributed by atoms with Crippen molar-refractivity contribution in [1.29, 1.82) is 0 Å². The van der Waals surface area contributed by atoms with Crippen molar-refractivity contribution in [3.05, 3.63) is 11.1 Å². The van der Waals surface area contributed by atoms with E-state index in [1.807, 2.05) is 0 Å². The molecule has 6 heteroatoms. The topological polar surface area (TPSA) is 98.1 Å². The lowest BCUT2D eigenvalue weighted by Gasteiger charge is -2.35. The second kappa shape index (κ2) is 3.29. The molecule has 1 rings (SSSR count). The fraction of sp³-hybridized carbons (Fsp3) is 0.600. The predicted molar refractivity (Wildman–Crippen MR) is 54.1 cm³/mol. The fourth-order valence-corrected chi connectivity index (χ4v) is 2.26. The molecule has 3 N–H and O–H groups in total. The molecule has 1 aliphatic rings. The number of carboxylic acids is 2. The molecule has 0 aliphatic carbocycles. The highest BCUT2D eigenvalue weighted by atomic mass is 16.5. The molecule has 0 atom stereocenters. The Morgan fingerprint density at radius 2 is 1.19 bits per heavy atom. The first-order valence-electron chi connectivity index (χ1n) is 4.75. The first kappa shape index (κ1) is 12.7. The van der Waals surface area contributed by atoms with E-state index in [-0.39, 0.29) is 11.1 Å². The van der Waals surface area contributed by atoms with E-state index in [1.165, 1.54) is 27.7 Å². The molecule has 0 radical (unpaired) electrons. The van der Waals surface area contributed by atoms with Crippen LogP contribution in [-0.2, 0) is 9.59 Å². The van der Waals surface area contributed by atoms with Crippen molar-refractivity contribution in [1.82, 2.24) is 5.06 Å². The molecule has 0 bridgehead atoms. The van der Waals surface area contributed by atoms with E-state index in [0.29, 0.717) is 0 Å². The smallest absolute Gasteiger partial charge is 0.334 e. The van der Waals surface area contributed by atoms with Gasteiger partial charge in [-0.25, -0.2) is 9.59 Å². The molecule has 16 heavy (non-hydrogen) atoms. The van der Waals surface area contributed by atoms with Gasteiger partial charge in [0, 0.05) is 0 Å². The van der Waals surface area contributed by atoms with Gasteiger partial charge in [-0.05, 0) is 27.7 Å². The van der Waals surface area contributed by atoms with Crippen molar-refractivity contribution >= 4 is 11.9 Å². The van der Waals surface area contributed by atoms with E-state index in [0.717, 1.165) is 5.06 Å². The van der Waals surface area contributed by atoms with Crippen LogP contribution in [0.3, 0.4) is 0 Å². The minimum atomic E-state index is -1.33. The van der Waals surface area contributed by atoms with Crippen LogP contribution in [0.2, 0.25) is 0 Å². The van der Waals surface area contributed by atoms with Crippen molar-refractivity contribution in [2.45, 2.75) is 38.8 Å². The van der Waals surface area contributed by atoms with E-state index in [1.54, 1.807) is 0 Å². The molecule has 0 spiro atoms. The maximum atomic E-state index is 11.1. The fourth-order valence-electron chi connectivity index (χ4n) is 2.26. The molecule has 0 aromatic carbocycles. The summed E-state index contributed by atoms with van der Waals surface area (Å²) in [5.74, 6) is -2.65. The zero-order chi connectivity index (χ0) is 12.9. The molecule has 1 heterocycles. The summed E-state index contributed by atoms with van der Waals surface area (Å²) in [4.78, 5) is 22.2. The van der Waals surface area contributed by atoms with Gasteiger partial charge in [-0.15, -0.1) is 0 Å². The normalized spacial score (nSPS) is 23.6. The van der Waals surface area contributed by atoms with Crippen LogP contribution < -0.4 is 0 Å². The van der Waals surface area contributed by atoms with Gasteiger partial charge in [-0.2, -0.15) is 5.06 Å². The van der Waals surface area contributed by atoms with Gasteiger partial charge < -0.3 is 15.4 Å². The van der Waals surface area contributed by atoms with Gasteiger partial charge in [0.15, 0.2) is 0 Å². The van der Waals surface area contributed by atoms with Crippen LogP contribution in [0.5, 0.6) is 0 Å². The zero-order valence-electron chi connectivity index (χ0n) is 9.61. The Morgan fingerprint density at radius 1 is 0.938 bits per heavy atom. The van der Waals surface area contributed by atoms with Crippen molar-refractivity contribution in [3.8, 4) is 0 Å². The van der Waals surface area contributed by atoms with E-state index in [2.05, 4.69) is 0 Å². The second-order valence-electron chi connectivity index (χ2n) is 4.79. The van der Waals surface area contributed by atoms with E-state index < -0.39 is 23.0 Å². The Kier molecular flexibility index (Phi) is 2.61. The van der Waals surface area contributed by atoms with Crippen LogP contribution in [0, 0.1) is 0 Å². The van der Waals surface area contributed by atoms with Crippen LogP contribution >= 0.6 is 0 Å². The highest BCUT2D eigenvalue weighted by Gasteiger charge is 2.55. The van der Waals surface area contributed by atoms with Gasteiger partial charge in [-0.1, -0.05) is 0 Å². The summed E-state index contributed by atoms with van der Waals surface area (Å²) in [6.07, 6.45) is 0. The van der Waals surface area contributed by atoms with Crippen molar-refractivity contribution in [2.75, 3.05) is 0 Å². The van der Waals surface area contributed by atoms with Crippen LogP contribution in [-0.4, -0.2) is 43.5 Å². The number of hydrogen-bond donors (Lipinski definition) is 3. The molecule has 0 saturated carbocycles. The molecule has 6 nitrogen and oxygen atoms in total. The summed E-state index contributed by atoms with van der Waals surface area (Å²) in [5, 5.41) is 28.8. The number of aliphatic carboxylic acids is 2. The minimum Gasteiger partial charge on any atom is -0.478 e. The Hall–Kier alpha value is -1.40. The highest BCUT2D eigenvalue weighted by molar-refractivity contribution is 6.03. The van der Waals surface area contributed by atoms with Crippen LogP contribution in [0.1, 0.15) is 27.7 Å². The summed E-state index contributed by atoms with van der Waals surface area (Å²) < 4.78 is 0. The molecular formula is C10H15NO5. The third-order valence-electron chi connectivity index (χ3n) is 2.96. The van der Waals surface area contributed by atoms with Crippen molar-refractivity contribution < 1.29 is 25.0 Å². The summed E-state index contributed by atoms with van der Waals surface area (Å²) >= 11 is 0. The highest BCUT2D eigenvalue weighted by Crippen LogP contribution is 2.43. The van der Waals surface area contributed by atoms with Gasteiger partial charge in [0.25, 0.3) is 0 Å². The number of carboxylic acid groups (broad SMARTS) is 2. The van der Waals surface area contributed by atoms with Crippen LogP contribution in [0.25, 0.3) is 0 Å². The van der Waals surface area contributed by atoms with Gasteiger partial charge >= 0.3 is 11.9 Å². The molecule has 1 aliphatic heterocycles. The molecule has 0 fully saturated rings. The maximum Gasteiger partial charge on any atom is 0.334 e. The molecular weight excluding hydrogens is 214 g/mol. The van der Waals surface area contributed by atoms with Gasteiger partial charge in [-0.3, -0.25) is 0 Å². The van der Waals surface area contributed by atoms with Crippen molar-refractivity contribution in [2.24, 2.45) is 0 Å². The summed E-state index contributed by atoms with van der Waals surface area (Å²) in [6, 6.07) is 0. The molecule has 0 aromatic rings. The first-order chi connectivity index (χ1) is 7.04. The monoisotopic (exact) mass is 229 g/mol. The van der Waals surface area contributed by atoms with E-state index >= 15 is 0 Å². The Balaban J connectivity index is 3.58. The predicted octanol–water partition coefficient (Wildman–Crippen LogP) is 0.714. The van der Waals surface area contributed by atoms with Crippen molar-refractivity contribution in [3.63, 3.8) is 0 Å². The lowest BCUT2D eigenvalue weighted by atomic mass is 9.90. The standard InChI is InChI=1S/C10H15NO5/c1-9(2)5(7(12)13)6(8(14)15)10(3,4)11(9)16/h16H,1-4H3,(H,12,13)(H,14,15). The number of rotatable bonds is 2. The Morgan fingerprint density at radius 3 is 1.38 bits per heavy atom. The summed E-state index contributed by atoms with van der Waals surface area (Å²) in [6.45, 7) is 5.87. The maximum absolute atomic E-state index is 11.1. The average Bonchev–Trinajstić information content (AvgIpc) is 2.23. The van der Waals surface area contributed by atoms with Crippen LogP contribution in [0.4, 0.5) is 0 Å². The number of hydrogen-bond acceptors (Lipinski definition) is 4. The van der Waals surface area contributed by atoms with Crippen LogP contribution in [0.15, 0.2) is 11.1 Å². The SMILES string of the molecule is CC1(C)C(C(=O)O)=C(C(=O)O)C(C)(C)N1O. The molecule has 0 amide bonds. The largest absolute Gasteiger partial charge is 0.478 e. The second-order valence-corrected chi connectivity index (χ2v) is 4.79. The first-order valence-corrected chi connectivity index (χ1v) is 4.75. The Bertz CT molecular complexity index is 358. The lowest BCUT2D eigenvalue weighted by molar-refractivity contribution is -0.190. The summed E-state index contributed by atoms with van der Waals surface area (Å²) in [5.41, 5.74) is -3.04. The van der Waals surface area contributed by atoms with Gasteiger partial charge in [0.2, 0.25) is 0 Å². The lowest BCUT2D eigenvalue weighted by Crippen LogP contribution is -2.49. The average molecular weight is 229 g/mol. The number of carbonyl (C=O) groups is 2. The quantitative estimate of drug-likeness (QED) is 0.645. The molecule has 0 aromatic heterocycles. The Labute approximate surface area is 92.7 Å². The van der Waals surface area contributed by atoms with Gasteiger partial charge in [0.1, 0.15) is 0 Å². The molecule has 0 saturated heterocycles.